The van der Waals surface area contributed by atoms with Crippen LogP contribution in [0.4, 0.5) is 11.6 Å². The third-order valence-electron chi connectivity index (χ3n) is 4.05. The van der Waals surface area contributed by atoms with E-state index in [0.717, 1.165) is 22.6 Å². The molecule has 0 aliphatic carbocycles. The van der Waals surface area contributed by atoms with Gasteiger partial charge in [-0.15, -0.1) is 0 Å². The summed E-state index contributed by atoms with van der Waals surface area (Å²) in [6.07, 6.45) is 4.32. The lowest BCUT2D eigenvalue weighted by atomic mass is 10.1. The van der Waals surface area contributed by atoms with Crippen LogP contribution >= 0.6 is 0 Å². The van der Waals surface area contributed by atoms with Crippen molar-refractivity contribution in [2.45, 2.75) is 27.2 Å². The molecule has 7 nitrogen and oxygen atoms in total. The molecule has 0 bridgehead atoms. The minimum Gasteiger partial charge on any atom is -0.489 e. The quantitative estimate of drug-likeness (QED) is 0.556. The minimum absolute atomic E-state index is 0.318. The molecule has 0 saturated heterocycles. The highest BCUT2D eigenvalue weighted by molar-refractivity contribution is 5.72. The molecule has 3 aromatic rings. The standard InChI is InChI=1S/C21H23N5O2.C2H6/c1-14(9-10-24-2)13-27-17-5-3-15(4-6-17)11-16-12-19(28-26-16)18-7-8-20(22)25-21(18)23;1-2/h3-10,12H,11,13H2,1-2H3,(H4,22,23,25);1-2H3/b14-9+,24-10?;. The van der Waals surface area contributed by atoms with Crippen LogP contribution in [-0.2, 0) is 6.42 Å². The van der Waals surface area contributed by atoms with Gasteiger partial charge in [0.15, 0.2) is 5.76 Å². The lowest BCUT2D eigenvalue weighted by Crippen LogP contribution is -1.99. The van der Waals surface area contributed by atoms with E-state index >= 15 is 0 Å². The maximum Gasteiger partial charge on any atom is 0.170 e. The maximum absolute atomic E-state index is 5.90. The molecule has 3 rings (SSSR count). The van der Waals surface area contributed by atoms with Gasteiger partial charge in [-0.1, -0.05) is 31.1 Å². The summed E-state index contributed by atoms with van der Waals surface area (Å²) in [5.74, 6) is 2.07. The second-order valence-electron chi connectivity index (χ2n) is 6.38. The molecule has 7 heteroatoms. The number of hydrogen-bond donors (Lipinski definition) is 2. The molecule has 0 aliphatic heterocycles. The summed E-state index contributed by atoms with van der Waals surface area (Å²) in [7, 11) is 1.74. The highest BCUT2D eigenvalue weighted by Crippen LogP contribution is 2.26. The van der Waals surface area contributed by atoms with Crippen LogP contribution in [0.25, 0.3) is 11.3 Å². The van der Waals surface area contributed by atoms with Crippen molar-refractivity contribution < 1.29 is 9.26 Å². The first kappa shape index (κ1) is 22.7. The average molecular weight is 408 g/mol. The zero-order valence-corrected chi connectivity index (χ0v) is 17.9. The van der Waals surface area contributed by atoms with E-state index in [4.69, 9.17) is 20.7 Å². The summed E-state index contributed by atoms with van der Waals surface area (Å²) in [4.78, 5) is 7.97. The molecule has 0 saturated carbocycles. The molecule has 0 radical (unpaired) electrons. The lowest BCUT2D eigenvalue weighted by molar-refractivity contribution is 0.352. The number of aliphatic imine (C=N–C) groups is 1. The zero-order chi connectivity index (χ0) is 21.9. The summed E-state index contributed by atoms with van der Waals surface area (Å²) in [6.45, 7) is 6.52. The van der Waals surface area contributed by atoms with Gasteiger partial charge >= 0.3 is 0 Å². The van der Waals surface area contributed by atoms with Gasteiger partial charge in [0, 0.05) is 25.7 Å². The van der Waals surface area contributed by atoms with Crippen LogP contribution in [0.2, 0.25) is 0 Å². The molecule has 158 valence electrons. The number of rotatable bonds is 7. The van der Waals surface area contributed by atoms with Crippen LogP contribution in [-0.4, -0.2) is 30.0 Å². The van der Waals surface area contributed by atoms with Gasteiger partial charge < -0.3 is 20.7 Å². The smallest absolute Gasteiger partial charge is 0.170 e. The Morgan fingerprint density at radius 2 is 1.87 bits per heavy atom. The zero-order valence-electron chi connectivity index (χ0n) is 17.9. The van der Waals surface area contributed by atoms with E-state index in [1.54, 1.807) is 25.4 Å². The van der Waals surface area contributed by atoms with Crippen LogP contribution in [0.15, 0.2) is 63.6 Å². The van der Waals surface area contributed by atoms with E-state index in [9.17, 15) is 0 Å². The Morgan fingerprint density at radius 1 is 1.13 bits per heavy atom. The molecule has 2 heterocycles. The maximum atomic E-state index is 5.90. The normalized spacial score (nSPS) is 11.3. The number of nitrogen functional groups attached to an aromatic ring is 2. The third-order valence-corrected chi connectivity index (χ3v) is 4.05. The molecule has 1 aromatic carbocycles. The Morgan fingerprint density at radius 3 is 2.53 bits per heavy atom. The predicted octanol–water partition coefficient (Wildman–Crippen LogP) is 4.54. The topological polar surface area (TPSA) is 113 Å². The summed E-state index contributed by atoms with van der Waals surface area (Å²) < 4.78 is 11.2. The number of allylic oxidation sites excluding steroid dienone is 1. The first-order valence-electron chi connectivity index (χ1n) is 9.83. The summed E-state index contributed by atoms with van der Waals surface area (Å²) >= 11 is 0. The second kappa shape index (κ2) is 11.4. The monoisotopic (exact) mass is 407 g/mol. The number of pyridine rings is 1. The molecule has 2 aromatic heterocycles. The molecule has 0 unspecified atom stereocenters. The van der Waals surface area contributed by atoms with Crippen LogP contribution in [0.1, 0.15) is 32.0 Å². The summed E-state index contributed by atoms with van der Waals surface area (Å²) in [5, 5.41) is 4.12. The molecule has 4 N–H and O–H groups in total. The number of hydrogen-bond acceptors (Lipinski definition) is 7. The fourth-order valence-electron chi connectivity index (χ4n) is 2.58. The van der Waals surface area contributed by atoms with Gasteiger partial charge in [-0.25, -0.2) is 4.98 Å². The first-order chi connectivity index (χ1) is 14.5. The van der Waals surface area contributed by atoms with Crippen molar-refractivity contribution >= 4 is 17.9 Å². The molecule has 0 aliphatic rings. The number of benzene rings is 1. The largest absolute Gasteiger partial charge is 0.489 e. The van der Waals surface area contributed by atoms with Gasteiger partial charge in [-0.3, -0.25) is 4.99 Å². The van der Waals surface area contributed by atoms with Crippen molar-refractivity contribution in [3.63, 3.8) is 0 Å². The second-order valence-corrected chi connectivity index (χ2v) is 6.38. The average Bonchev–Trinajstić information content (AvgIpc) is 3.21. The molecule has 0 atom stereocenters. The molecule has 30 heavy (non-hydrogen) atoms. The summed E-state index contributed by atoms with van der Waals surface area (Å²) in [6, 6.07) is 13.2. The van der Waals surface area contributed by atoms with Crippen LogP contribution in [0, 0.1) is 0 Å². The number of nitrogens with two attached hydrogens (primary N) is 2. The van der Waals surface area contributed by atoms with E-state index in [1.807, 2.05) is 57.2 Å². The molecule has 0 spiro atoms. The Kier molecular flexibility index (Phi) is 8.62. The van der Waals surface area contributed by atoms with Crippen molar-refractivity contribution in [1.29, 1.82) is 0 Å². The van der Waals surface area contributed by atoms with Crippen molar-refractivity contribution in [1.82, 2.24) is 10.1 Å². The summed E-state index contributed by atoms with van der Waals surface area (Å²) in [5.41, 5.74) is 15.2. The molecule has 0 fully saturated rings. The van der Waals surface area contributed by atoms with Gasteiger partial charge in [0.05, 0.1) is 11.3 Å². The Bertz CT molecular complexity index is 991. The first-order valence-corrected chi connectivity index (χ1v) is 9.83. The van der Waals surface area contributed by atoms with E-state index < -0.39 is 0 Å². The van der Waals surface area contributed by atoms with Gasteiger partial charge in [-0.2, -0.15) is 0 Å². The molecule has 0 amide bonds. The minimum atomic E-state index is 0.318. The fourth-order valence-corrected chi connectivity index (χ4v) is 2.58. The lowest BCUT2D eigenvalue weighted by Gasteiger charge is -2.06. The SMILES string of the molecule is CC.CN=C/C=C(\C)COc1ccc(Cc2cc(-c3ccc(N)nc3N)on2)cc1. The third kappa shape index (κ3) is 6.48. The fraction of sp³-hybridized carbons (Fsp3) is 0.261. The number of aromatic nitrogens is 2. The Hall–Kier alpha value is -3.61. The number of ether oxygens (including phenoxy) is 1. The van der Waals surface area contributed by atoms with Crippen molar-refractivity contribution in [2.75, 3.05) is 25.1 Å². The van der Waals surface area contributed by atoms with E-state index in [1.165, 1.54) is 0 Å². The van der Waals surface area contributed by atoms with Crippen LogP contribution in [0.3, 0.4) is 0 Å². The molecular formula is C23H29N5O2. The van der Waals surface area contributed by atoms with E-state index in [0.29, 0.717) is 36.0 Å². The molecular weight excluding hydrogens is 378 g/mol. The van der Waals surface area contributed by atoms with Gasteiger partial charge in [0.1, 0.15) is 24.0 Å². The van der Waals surface area contributed by atoms with Crippen molar-refractivity contribution in [3.8, 4) is 17.1 Å². The Balaban J connectivity index is 0.00000155. The highest BCUT2D eigenvalue weighted by Gasteiger charge is 2.11. The van der Waals surface area contributed by atoms with Crippen molar-refractivity contribution in [2.24, 2.45) is 4.99 Å². The van der Waals surface area contributed by atoms with Crippen LogP contribution in [0.5, 0.6) is 5.75 Å². The number of nitrogens with zero attached hydrogens (tertiary/aromatic N) is 3. The Labute approximate surface area is 177 Å². The van der Waals surface area contributed by atoms with E-state index in [2.05, 4.69) is 15.1 Å². The van der Waals surface area contributed by atoms with Crippen molar-refractivity contribution in [3.05, 3.63) is 65.4 Å². The van der Waals surface area contributed by atoms with E-state index in [-0.39, 0.29) is 0 Å². The van der Waals surface area contributed by atoms with Gasteiger partial charge in [0.2, 0.25) is 0 Å². The van der Waals surface area contributed by atoms with Crippen LogP contribution < -0.4 is 16.2 Å². The number of anilines is 2. The van der Waals surface area contributed by atoms with Gasteiger partial charge in [-0.05, 0) is 48.4 Å². The highest BCUT2D eigenvalue weighted by atomic mass is 16.5. The predicted molar refractivity (Wildman–Crippen MR) is 123 cm³/mol. The van der Waals surface area contributed by atoms with Gasteiger partial charge in [0.25, 0.3) is 0 Å².